The minimum absolute atomic E-state index is 0.0764. The summed E-state index contributed by atoms with van der Waals surface area (Å²) < 4.78 is 43.0. The van der Waals surface area contributed by atoms with Crippen molar-refractivity contribution in [3.05, 3.63) is 59.7 Å². The van der Waals surface area contributed by atoms with E-state index in [1.807, 2.05) is 38.1 Å². The van der Waals surface area contributed by atoms with E-state index in [9.17, 15) is 13.2 Å². The Bertz CT molecular complexity index is 664. The van der Waals surface area contributed by atoms with Crippen LogP contribution in [-0.4, -0.2) is 12.3 Å². The van der Waals surface area contributed by atoms with Gasteiger partial charge in [0.15, 0.2) is 0 Å². The number of halogens is 3. The summed E-state index contributed by atoms with van der Waals surface area (Å²) >= 11 is 0. The van der Waals surface area contributed by atoms with E-state index < -0.39 is 11.7 Å². The van der Waals surface area contributed by atoms with Crippen molar-refractivity contribution in [3.8, 4) is 5.75 Å². The van der Waals surface area contributed by atoms with Crippen LogP contribution < -0.4 is 10.2 Å². The van der Waals surface area contributed by atoms with E-state index in [0.29, 0.717) is 5.69 Å². The molecule has 0 bridgehead atoms. The molecule has 2 aromatic rings. The summed E-state index contributed by atoms with van der Waals surface area (Å²) in [6, 6.07) is 12.1. The Balaban J connectivity index is 1.99. The van der Waals surface area contributed by atoms with E-state index in [-0.39, 0.29) is 6.10 Å². The molecule has 0 aromatic heterocycles. The van der Waals surface area contributed by atoms with Crippen molar-refractivity contribution in [1.82, 2.24) is 0 Å². The van der Waals surface area contributed by atoms with Gasteiger partial charge in [0, 0.05) is 0 Å². The van der Waals surface area contributed by atoms with Gasteiger partial charge in [0.25, 0.3) is 0 Å². The molecule has 0 aliphatic heterocycles. The van der Waals surface area contributed by atoms with Crippen molar-refractivity contribution in [2.45, 2.75) is 26.1 Å². The number of alkyl halides is 3. The van der Waals surface area contributed by atoms with Crippen LogP contribution in [-0.2, 0) is 6.18 Å². The van der Waals surface area contributed by atoms with Crippen LogP contribution in [0.3, 0.4) is 0 Å². The highest BCUT2D eigenvalue weighted by atomic mass is 19.4. The number of hydrazone groups is 1. The lowest BCUT2D eigenvalue weighted by Crippen LogP contribution is -2.05. The SMILES string of the molecule is CC(C)Oc1cccc(C=NNc2ccc(C(F)(F)F)cc2)c1. The van der Waals surface area contributed by atoms with E-state index in [0.717, 1.165) is 23.4 Å². The Labute approximate surface area is 132 Å². The Hall–Kier alpha value is -2.50. The predicted octanol–water partition coefficient (Wildman–Crippen LogP) is 4.94. The minimum atomic E-state index is -4.33. The van der Waals surface area contributed by atoms with Crippen molar-refractivity contribution >= 4 is 11.9 Å². The Kier molecular flexibility index (Phi) is 5.26. The van der Waals surface area contributed by atoms with Gasteiger partial charge in [-0.1, -0.05) is 12.1 Å². The third-order valence-electron chi connectivity index (χ3n) is 2.85. The number of rotatable bonds is 5. The Morgan fingerprint density at radius 2 is 1.78 bits per heavy atom. The van der Waals surface area contributed by atoms with Gasteiger partial charge in [0.1, 0.15) is 5.75 Å². The van der Waals surface area contributed by atoms with Crippen molar-refractivity contribution in [2.75, 3.05) is 5.43 Å². The molecular weight excluding hydrogens is 305 g/mol. The molecule has 6 heteroatoms. The van der Waals surface area contributed by atoms with Crippen LogP contribution in [0.4, 0.5) is 18.9 Å². The maximum Gasteiger partial charge on any atom is 0.416 e. The molecule has 0 aliphatic rings. The zero-order chi connectivity index (χ0) is 16.9. The van der Waals surface area contributed by atoms with Gasteiger partial charge in [0.2, 0.25) is 0 Å². The predicted molar refractivity (Wildman–Crippen MR) is 84.9 cm³/mol. The fraction of sp³-hybridized carbons (Fsp3) is 0.235. The molecule has 0 amide bonds. The average molecular weight is 322 g/mol. The van der Waals surface area contributed by atoms with Crippen molar-refractivity contribution in [3.63, 3.8) is 0 Å². The van der Waals surface area contributed by atoms with E-state index in [1.54, 1.807) is 6.21 Å². The maximum atomic E-state index is 12.5. The molecular formula is C17H17F3N2O. The fourth-order valence-corrected chi connectivity index (χ4v) is 1.86. The second kappa shape index (κ2) is 7.17. The van der Waals surface area contributed by atoms with Crippen molar-refractivity contribution < 1.29 is 17.9 Å². The van der Waals surface area contributed by atoms with Gasteiger partial charge < -0.3 is 4.74 Å². The summed E-state index contributed by atoms with van der Waals surface area (Å²) in [5.74, 6) is 0.735. The molecule has 0 unspecified atom stereocenters. The molecule has 0 aliphatic carbocycles. The molecule has 2 rings (SSSR count). The smallest absolute Gasteiger partial charge is 0.416 e. The molecule has 0 saturated heterocycles. The molecule has 1 N–H and O–H groups in total. The molecule has 0 heterocycles. The highest BCUT2D eigenvalue weighted by molar-refractivity contribution is 5.80. The fourth-order valence-electron chi connectivity index (χ4n) is 1.86. The molecule has 0 atom stereocenters. The number of ether oxygens (including phenoxy) is 1. The van der Waals surface area contributed by atoms with Crippen LogP contribution >= 0.6 is 0 Å². The normalized spacial score (nSPS) is 11.9. The summed E-state index contributed by atoms with van der Waals surface area (Å²) in [7, 11) is 0. The number of nitrogens with one attached hydrogen (secondary N) is 1. The number of nitrogens with zero attached hydrogens (tertiary/aromatic N) is 1. The summed E-state index contributed by atoms with van der Waals surface area (Å²) in [6.07, 6.45) is -2.68. The summed E-state index contributed by atoms with van der Waals surface area (Å²) in [4.78, 5) is 0. The lowest BCUT2D eigenvalue weighted by molar-refractivity contribution is -0.137. The monoisotopic (exact) mass is 322 g/mol. The van der Waals surface area contributed by atoms with Crippen LogP contribution in [0.15, 0.2) is 53.6 Å². The number of hydrogen-bond acceptors (Lipinski definition) is 3. The van der Waals surface area contributed by atoms with E-state index >= 15 is 0 Å². The highest BCUT2D eigenvalue weighted by Crippen LogP contribution is 2.29. The molecule has 0 fully saturated rings. The zero-order valence-corrected chi connectivity index (χ0v) is 12.8. The molecule has 3 nitrogen and oxygen atoms in total. The summed E-state index contributed by atoms with van der Waals surface area (Å²) in [5, 5.41) is 4.01. The molecule has 23 heavy (non-hydrogen) atoms. The number of benzene rings is 2. The first-order valence-electron chi connectivity index (χ1n) is 7.07. The lowest BCUT2D eigenvalue weighted by atomic mass is 10.2. The first-order chi connectivity index (χ1) is 10.8. The topological polar surface area (TPSA) is 33.6 Å². The maximum absolute atomic E-state index is 12.5. The molecule has 0 spiro atoms. The number of hydrogen-bond donors (Lipinski definition) is 1. The van der Waals surface area contributed by atoms with Gasteiger partial charge in [-0.2, -0.15) is 18.3 Å². The summed E-state index contributed by atoms with van der Waals surface area (Å²) in [6.45, 7) is 3.87. The molecule has 0 saturated carbocycles. The van der Waals surface area contributed by atoms with Crippen molar-refractivity contribution in [2.24, 2.45) is 5.10 Å². The van der Waals surface area contributed by atoms with E-state index in [4.69, 9.17) is 4.74 Å². The minimum Gasteiger partial charge on any atom is -0.491 e. The zero-order valence-electron chi connectivity index (χ0n) is 12.8. The second-order valence-electron chi connectivity index (χ2n) is 5.18. The Morgan fingerprint density at radius 1 is 1.09 bits per heavy atom. The first kappa shape index (κ1) is 16.9. The van der Waals surface area contributed by atoms with Gasteiger partial charge in [-0.05, 0) is 55.8 Å². The van der Waals surface area contributed by atoms with Gasteiger partial charge in [-0.25, -0.2) is 0 Å². The van der Waals surface area contributed by atoms with E-state index in [2.05, 4.69) is 10.5 Å². The van der Waals surface area contributed by atoms with Crippen molar-refractivity contribution in [1.29, 1.82) is 0 Å². The first-order valence-corrected chi connectivity index (χ1v) is 7.07. The largest absolute Gasteiger partial charge is 0.491 e. The highest BCUT2D eigenvalue weighted by Gasteiger charge is 2.29. The quantitative estimate of drug-likeness (QED) is 0.625. The molecule has 2 aromatic carbocycles. The third-order valence-corrected chi connectivity index (χ3v) is 2.85. The van der Waals surface area contributed by atoms with Crippen LogP contribution in [0.1, 0.15) is 25.0 Å². The lowest BCUT2D eigenvalue weighted by Gasteiger charge is -2.09. The van der Waals surface area contributed by atoms with Gasteiger partial charge in [-0.15, -0.1) is 0 Å². The Morgan fingerprint density at radius 3 is 2.39 bits per heavy atom. The van der Waals surface area contributed by atoms with Gasteiger partial charge in [-0.3, -0.25) is 5.43 Å². The number of anilines is 1. The van der Waals surface area contributed by atoms with Crippen LogP contribution in [0.25, 0.3) is 0 Å². The van der Waals surface area contributed by atoms with Crippen LogP contribution in [0.2, 0.25) is 0 Å². The molecule has 0 radical (unpaired) electrons. The standard InChI is InChI=1S/C17H17F3N2O/c1-12(2)23-16-5-3-4-13(10-16)11-21-22-15-8-6-14(7-9-15)17(18,19)20/h3-12,22H,1-2H3. The second-order valence-corrected chi connectivity index (χ2v) is 5.18. The van der Waals surface area contributed by atoms with Gasteiger partial charge in [0.05, 0.1) is 23.6 Å². The van der Waals surface area contributed by atoms with Crippen LogP contribution in [0, 0.1) is 0 Å². The molecule has 122 valence electrons. The average Bonchev–Trinajstić information content (AvgIpc) is 2.46. The van der Waals surface area contributed by atoms with Gasteiger partial charge >= 0.3 is 6.18 Å². The van der Waals surface area contributed by atoms with E-state index in [1.165, 1.54) is 12.1 Å². The third kappa shape index (κ3) is 5.32. The van der Waals surface area contributed by atoms with Crippen LogP contribution in [0.5, 0.6) is 5.75 Å². The summed E-state index contributed by atoms with van der Waals surface area (Å²) in [5.41, 5.74) is 3.30.